The zero-order valence-corrected chi connectivity index (χ0v) is 18.3. The van der Waals surface area contributed by atoms with Gasteiger partial charge in [0.2, 0.25) is 11.8 Å². The Morgan fingerprint density at radius 2 is 1.87 bits per heavy atom. The molecular weight excluding hydrogens is 422 g/mol. The largest absolute Gasteiger partial charge is 0.474 e. The van der Waals surface area contributed by atoms with Gasteiger partial charge in [0.15, 0.2) is 0 Å². The molecule has 2 aliphatic rings. The van der Waals surface area contributed by atoms with E-state index in [-0.39, 0.29) is 36.8 Å². The molecule has 10 heteroatoms. The number of ether oxygens (including phenoxy) is 3. The minimum Gasteiger partial charge on any atom is -0.474 e. The van der Waals surface area contributed by atoms with E-state index >= 15 is 0 Å². The van der Waals surface area contributed by atoms with Gasteiger partial charge in [0.05, 0.1) is 12.7 Å². The zero-order chi connectivity index (χ0) is 22.0. The highest BCUT2D eigenvalue weighted by Crippen LogP contribution is 2.37. The van der Waals surface area contributed by atoms with Gasteiger partial charge in [0, 0.05) is 13.5 Å². The third-order valence-corrected chi connectivity index (χ3v) is 6.47. The van der Waals surface area contributed by atoms with Gasteiger partial charge in [-0.15, -0.1) is 0 Å². The van der Waals surface area contributed by atoms with Gasteiger partial charge < -0.3 is 14.2 Å². The molecule has 1 saturated carbocycles. The van der Waals surface area contributed by atoms with Crippen molar-refractivity contribution in [1.29, 1.82) is 0 Å². The highest BCUT2D eigenvalue weighted by Gasteiger charge is 2.35. The predicted molar refractivity (Wildman–Crippen MR) is 112 cm³/mol. The molecule has 1 aromatic carbocycles. The Kier molecular flexibility index (Phi) is 6.42. The van der Waals surface area contributed by atoms with Crippen molar-refractivity contribution in [2.24, 2.45) is 17.0 Å². The molecule has 5 atom stereocenters. The van der Waals surface area contributed by atoms with Crippen LogP contribution in [0.5, 0.6) is 11.8 Å². The van der Waals surface area contributed by atoms with E-state index in [1.165, 1.54) is 11.9 Å². The van der Waals surface area contributed by atoms with Gasteiger partial charge in [-0.2, -0.15) is 8.42 Å². The summed E-state index contributed by atoms with van der Waals surface area (Å²) in [6, 6.07) is 9.81. The Bertz CT molecular complexity index is 1020. The smallest absolute Gasteiger partial charge is 0.333 e. The molecule has 4 rings (SSSR count). The van der Waals surface area contributed by atoms with E-state index in [4.69, 9.17) is 23.5 Å². The Morgan fingerprint density at radius 3 is 2.61 bits per heavy atom. The highest BCUT2D eigenvalue weighted by molar-refractivity contribution is 7.84. The lowest BCUT2D eigenvalue weighted by molar-refractivity contribution is 0.0102. The van der Waals surface area contributed by atoms with Crippen molar-refractivity contribution in [1.82, 2.24) is 9.97 Å². The van der Waals surface area contributed by atoms with Gasteiger partial charge >= 0.3 is 10.3 Å². The number of rotatable bonds is 8. The standard InChI is InChI=1S/C21H27N3O6S/c1-13-7-16(8-15(13)11-28-31(22,25)26)29-19-10-20(24-12-23-19)30-18-9-14-5-3-4-6-17(14)21(18)27-2/h3-6,10,12-13,15-16,18,21H,7-9,11H2,1-2H3,(H2,22,25,26)/t13-,15-,16-,18+,21-/m0/s1. The number of fused-ring (bicyclic) bond motifs is 1. The monoisotopic (exact) mass is 449 g/mol. The lowest BCUT2D eigenvalue weighted by Gasteiger charge is -2.20. The van der Waals surface area contributed by atoms with Crippen LogP contribution >= 0.6 is 0 Å². The number of nitrogens with zero attached hydrogens (tertiary/aromatic N) is 2. The van der Waals surface area contributed by atoms with Gasteiger partial charge in [0.25, 0.3) is 0 Å². The summed E-state index contributed by atoms with van der Waals surface area (Å²) in [6.07, 6.45) is 3.12. The topological polar surface area (TPSA) is 123 Å². The average Bonchev–Trinajstić information content (AvgIpc) is 3.25. The molecule has 2 aromatic rings. The summed E-state index contributed by atoms with van der Waals surface area (Å²) < 4.78 is 44.7. The van der Waals surface area contributed by atoms with Crippen LogP contribution in [0.4, 0.5) is 0 Å². The molecule has 9 nitrogen and oxygen atoms in total. The van der Waals surface area contributed by atoms with Crippen molar-refractivity contribution < 1.29 is 26.8 Å². The molecule has 1 heterocycles. The van der Waals surface area contributed by atoms with Crippen LogP contribution in [0.25, 0.3) is 0 Å². The van der Waals surface area contributed by atoms with E-state index < -0.39 is 10.3 Å². The predicted octanol–water partition coefficient (Wildman–Crippen LogP) is 2.18. The fourth-order valence-electron chi connectivity index (χ4n) is 4.47. The molecule has 0 aliphatic heterocycles. The van der Waals surface area contributed by atoms with E-state index in [0.29, 0.717) is 18.2 Å². The van der Waals surface area contributed by atoms with E-state index in [9.17, 15) is 8.42 Å². The second-order valence-electron chi connectivity index (χ2n) is 8.14. The first-order valence-electron chi connectivity index (χ1n) is 10.3. The van der Waals surface area contributed by atoms with Crippen molar-refractivity contribution >= 4 is 10.3 Å². The van der Waals surface area contributed by atoms with Crippen LogP contribution < -0.4 is 14.6 Å². The minimum absolute atomic E-state index is 0.0420. The molecule has 0 saturated heterocycles. The average molecular weight is 450 g/mol. The van der Waals surface area contributed by atoms with Crippen molar-refractivity contribution in [3.63, 3.8) is 0 Å². The van der Waals surface area contributed by atoms with Crippen molar-refractivity contribution in [2.75, 3.05) is 13.7 Å². The Labute approximate surface area is 182 Å². The highest BCUT2D eigenvalue weighted by atomic mass is 32.2. The molecular formula is C21H27N3O6S. The molecule has 1 fully saturated rings. The maximum Gasteiger partial charge on any atom is 0.333 e. The summed E-state index contributed by atoms with van der Waals surface area (Å²) in [5.41, 5.74) is 2.34. The van der Waals surface area contributed by atoms with E-state index in [1.54, 1.807) is 13.2 Å². The van der Waals surface area contributed by atoms with Crippen molar-refractivity contribution in [2.45, 2.75) is 44.5 Å². The van der Waals surface area contributed by atoms with Gasteiger partial charge in [0.1, 0.15) is 24.6 Å². The van der Waals surface area contributed by atoms with Gasteiger partial charge in [-0.3, -0.25) is 4.18 Å². The maximum atomic E-state index is 11.0. The number of benzene rings is 1. The SMILES string of the molecule is CO[C@H]1c2ccccc2C[C@H]1Oc1cc(O[C@@H]2C[C@@H](COS(N)(=O)=O)[C@@H](C)C2)ncn1. The number of nitrogens with two attached hydrogens (primary N) is 1. The van der Waals surface area contributed by atoms with Crippen LogP contribution in [0.2, 0.25) is 0 Å². The third kappa shape index (κ3) is 5.32. The summed E-state index contributed by atoms with van der Waals surface area (Å²) in [5, 5.41) is 4.93. The molecule has 2 aliphatic carbocycles. The number of aromatic nitrogens is 2. The maximum absolute atomic E-state index is 11.0. The Balaban J connectivity index is 1.37. The molecule has 168 valence electrons. The van der Waals surface area contributed by atoms with Crippen molar-refractivity contribution in [3.05, 3.63) is 47.8 Å². The summed E-state index contributed by atoms with van der Waals surface area (Å²) in [6.45, 7) is 2.09. The molecule has 0 radical (unpaired) electrons. The lowest BCUT2D eigenvalue weighted by atomic mass is 10.00. The Hall–Kier alpha value is -2.27. The second-order valence-corrected chi connectivity index (χ2v) is 9.36. The zero-order valence-electron chi connectivity index (χ0n) is 17.5. The molecule has 31 heavy (non-hydrogen) atoms. The molecule has 0 unspecified atom stereocenters. The van der Waals surface area contributed by atoms with Gasteiger partial charge in [-0.25, -0.2) is 15.1 Å². The number of hydrogen-bond acceptors (Lipinski definition) is 8. The van der Waals surface area contributed by atoms with Crippen LogP contribution in [0.15, 0.2) is 36.7 Å². The fraction of sp³-hybridized carbons (Fsp3) is 0.524. The molecule has 0 spiro atoms. The van der Waals surface area contributed by atoms with Crippen LogP contribution in [0.3, 0.4) is 0 Å². The molecule has 2 N–H and O–H groups in total. The van der Waals surface area contributed by atoms with Gasteiger partial charge in [-0.05, 0) is 35.8 Å². The lowest BCUT2D eigenvalue weighted by Crippen LogP contribution is -2.24. The molecule has 0 amide bonds. The minimum atomic E-state index is -3.94. The summed E-state index contributed by atoms with van der Waals surface area (Å²) in [7, 11) is -2.27. The van der Waals surface area contributed by atoms with Crippen LogP contribution in [0.1, 0.15) is 37.0 Å². The first-order chi connectivity index (χ1) is 14.8. The molecule has 0 bridgehead atoms. The van der Waals surface area contributed by atoms with Crippen LogP contribution in [-0.4, -0.2) is 44.3 Å². The van der Waals surface area contributed by atoms with Gasteiger partial charge in [-0.1, -0.05) is 31.2 Å². The number of hydrogen-bond donors (Lipinski definition) is 1. The van der Waals surface area contributed by atoms with E-state index in [2.05, 4.69) is 22.1 Å². The fourth-order valence-corrected chi connectivity index (χ4v) is 4.83. The first-order valence-corrected chi connectivity index (χ1v) is 11.7. The summed E-state index contributed by atoms with van der Waals surface area (Å²) >= 11 is 0. The van der Waals surface area contributed by atoms with Crippen LogP contribution in [-0.2, 0) is 25.6 Å². The number of methoxy groups -OCH3 is 1. The Morgan fingerprint density at radius 1 is 1.13 bits per heavy atom. The third-order valence-electron chi connectivity index (χ3n) is 6.00. The second kappa shape index (κ2) is 9.07. The van der Waals surface area contributed by atoms with E-state index in [1.807, 2.05) is 19.1 Å². The quantitative estimate of drug-likeness (QED) is 0.651. The van der Waals surface area contributed by atoms with Crippen LogP contribution in [0, 0.1) is 11.8 Å². The first kappa shape index (κ1) is 21.9. The normalized spacial score (nSPS) is 27.8. The molecule has 1 aromatic heterocycles. The summed E-state index contributed by atoms with van der Waals surface area (Å²) in [5.74, 6) is 1.12. The van der Waals surface area contributed by atoms with Crippen molar-refractivity contribution in [3.8, 4) is 11.8 Å². The summed E-state index contributed by atoms with van der Waals surface area (Å²) in [4.78, 5) is 8.43. The van der Waals surface area contributed by atoms with E-state index in [0.717, 1.165) is 18.4 Å².